The van der Waals surface area contributed by atoms with Gasteiger partial charge in [0.15, 0.2) is 6.61 Å². The molecule has 3 rings (SSSR count). The second kappa shape index (κ2) is 7.10. The van der Waals surface area contributed by atoms with Crippen molar-refractivity contribution in [2.75, 3.05) is 19.7 Å². The van der Waals surface area contributed by atoms with Gasteiger partial charge in [0.25, 0.3) is 5.91 Å². The van der Waals surface area contributed by atoms with Gasteiger partial charge in [-0.1, -0.05) is 5.92 Å². The van der Waals surface area contributed by atoms with E-state index in [1.807, 2.05) is 12.1 Å². The highest BCUT2D eigenvalue weighted by Crippen LogP contribution is 2.24. The van der Waals surface area contributed by atoms with Crippen molar-refractivity contribution in [2.45, 2.75) is 6.42 Å². The fourth-order valence-electron chi connectivity index (χ4n) is 2.32. The van der Waals surface area contributed by atoms with Gasteiger partial charge in [-0.3, -0.25) is 9.78 Å². The first-order valence-electron chi connectivity index (χ1n) is 7.26. The molecule has 2 aromatic heterocycles. The van der Waals surface area contributed by atoms with Crippen LogP contribution in [0.3, 0.4) is 0 Å². The Balaban J connectivity index is 1.75. The zero-order valence-corrected chi connectivity index (χ0v) is 13.5. The molecule has 1 aliphatic heterocycles. The lowest BCUT2D eigenvalue weighted by molar-refractivity contribution is 0.0162. The van der Waals surface area contributed by atoms with E-state index in [-0.39, 0.29) is 18.2 Å². The van der Waals surface area contributed by atoms with Crippen LogP contribution in [0.4, 0.5) is 4.79 Å². The van der Waals surface area contributed by atoms with Crippen molar-refractivity contribution in [3.63, 3.8) is 0 Å². The van der Waals surface area contributed by atoms with E-state index in [0.29, 0.717) is 24.5 Å². The summed E-state index contributed by atoms with van der Waals surface area (Å²) in [6.07, 6.45) is 8.49. The lowest BCUT2D eigenvalue weighted by Gasteiger charge is -2.26. The second-order valence-corrected chi connectivity index (χ2v) is 5.80. The highest BCUT2D eigenvalue weighted by Gasteiger charge is 2.33. The molecule has 24 heavy (non-hydrogen) atoms. The predicted molar refractivity (Wildman–Crippen MR) is 87.9 cm³/mol. The minimum atomic E-state index is -0.624. The summed E-state index contributed by atoms with van der Waals surface area (Å²) in [5.74, 6) is 1.89. The van der Waals surface area contributed by atoms with Crippen molar-refractivity contribution < 1.29 is 14.3 Å². The number of hydrogen-bond acceptors (Lipinski definition) is 6. The van der Waals surface area contributed by atoms with Gasteiger partial charge in [-0.2, -0.15) is 0 Å². The fraction of sp³-hybridized carbons (Fsp3) is 0.250. The van der Waals surface area contributed by atoms with E-state index in [1.165, 1.54) is 21.4 Å². The molecule has 2 amide bonds. The molecule has 2 aromatic rings. The van der Waals surface area contributed by atoms with E-state index in [1.54, 1.807) is 17.8 Å². The lowest BCUT2D eigenvalue weighted by Crippen LogP contribution is -2.45. The minimum Gasteiger partial charge on any atom is -0.435 e. The van der Waals surface area contributed by atoms with Crippen molar-refractivity contribution in [3.05, 3.63) is 35.6 Å². The van der Waals surface area contributed by atoms with Crippen LogP contribution in [0.25, 0.3) is 10.6 Å². The molecule has 0 aromatic carbocycles. The third-order valence-electron chi connectivity index (χ3n) is 3.39. The highest BCUT2D eigenvalue weighted by molar-refractivity contribution is 7.13. The number of terminal acetylenes is 1. The van der Waals surface area contributed by atoms with Gasteiger partial charge in [-0.15, -0.1) is 17.8 Å². The average molecular weight is 342 g/mol. The van der Waals surface area contributed by atoms with Gasteiger partial charge in [0.1, 0.15) is 10.7 Å². The summed E-state index contributed by atoms with van der Waals surface area (Å²) in [7, 11) is 0. The number of hydrazine groups is 1. The van der Waals surface area contributed by atoms with Crippen LogP contribution in [0, 0.1) is 12.3 Å². The number of amides is 2. The quantitative estimate of drug-likeness (QED) is 0.798. The molecule has 0 aliphatic carbocycles. The van der Waals surface area contributed by atoms with Crippen LogP contribution >= 0.6 is 11.3 Å². The van der Waals surface area contributed by atoms with Crippen LogP contribution < -0.4 is 0 Å². The maximum absolute atomic E-state index is 12.6. The SMILES string of the molecule is C#CCOC(=O)N1CCCN1C(=O)c1csc(-c2cccnc2)n1. The normalized spacial score (nSPS) is 13.6. The van der Waals surface area contributed by atoms with Crippen molar-refractivity contribution in [1.29, 1.82) is 0 Å². The van der Waals surface area contributed by atoms with Crippen LogP contribution in [0.15, 0.2) is 29.9 Å². The molecule has 0 saturated carbocycles. The van der Waals surface area contributed by atoms with E-state index in [2.05, 4.69) is 15.9 Å². The summed E-state index contributed by atoms with van der Waals surface area (Å²) in [5.41, 5.74) is 1.13. The Kier molecular flexibility index (Phi) is 4.72. The van der Waals surface area contributed by atoms with Crippen LogP contribution in [0.2, 0.25) is 0 Å². The number of carbonyl (C=O) groups excluding carboxylic acids is 2. The first-order valence-corrected chi connectivity index (χ1v) is 8.14. The number of hydrogen-bond donors (Lipinski definition) is 0. The molecule has 0 spiro atoms. The van der Waals surface area contributed by atoms with Crippen molar-refractivity contribution >= 4 is 23.3 Å². The molecule has 122 valence electrons. The number of pyridine rings is 1. The average Bonchev–Trinajstić information content (AvgIpc) is 3.29. The molecule has 7 nitrogen and oxygen atoms in total. The zero-order chi connectivity index (χ0) is 16.9. The molecular formula is C16H14N4O3S. The van der Waals surface area contributed by atoms with Crippen LogP contribution in [0.5, 0.6) is 0 Å². The van der Waals surface area contributed by atoms with Crippen LogP contribution in [0.1, 0.15) is 16.9 Å². The van der Waals surface area contributed by atoms with E-state index >= 15 is 0 Å². The Morgan fingerprint density at radius 2 is 2.21 bits per heavy atom. The van der Waals surface area contributed by atoms with E-state index in [9.17, 15) is 9.59 Å². The molecule has 1 saturated heterocycles. The fourth-order valence-corrected chi connectivity index (χ4v) is 3.10. The summed E-state index contributed by atoms with van der Waals surface area (Å²) in [5, 5.41) is 4.99. The highest BCUT2D eigenvalue weighted by atomic mass is 32.1. The van der Waals surface area contributed by atoms with Crippen molar-refractivity contribution in [3.8, 4) is 22.9 Å². The predicted octanol–water partition coefficient (Wildman–Crippen LogP) is 2.04. The summed E-state index contributed by atoms with van der Waals surface area (Å²) in [4.78, 5) is 33.0. The van der Waals surface area contributed by atoms with Crippen molar-refractivity contribution in [2.24, 2.45) is 0 Å². The molecule has 0 bridgehead atoms. The molecule has 0 atom stereocenters. The minimum absolute atomic E-state index is 0.126. The Labute approximate surface area is 142 Å². The molecular weight excluding hydrogens is 328 g/mol. The van der Waals surface area contributed by atoms with E-state index < -0.39 is 6.09 Å². The molecule has 3 heterocycles. The number of nitrogens with zero attached hydrogens (tertiary/aromatic N) is 4. The van der Waals surface area contributed by atoms with Gasteiger partial charge in [-0.05, 0) is 18.6 Å². The van der Waals surface area contributed by atoms with Crippen LogP contribution in [-0.4, -0.2) is 51.7 Å². The van der Waals surface area contributed by atoms with Gasteiger partial charge in [0.05, 0.1) is 0 Å². The molecule has 0 radical (unpaired) electrons. The molecule has 0 N–H and O–H groups in total. The molecule has 1 aliphatic rings. The third-order valence-corrected chi connectivity index (χ3v) is 4.28. The van der Waals surface area contributed by atoms with E-state index in [4.69, 9.17) is 11.2 Å². The number of rotatable bonds is 3. The molecule has 1 fully saturated rings. The van der Waals surface area contributed by atoms with Gasteiger partial charge in [0, 0.05) is 36.4 Å². The molecule has 8 heteroatoms. The first kappa shape index (κ1) is 16.0. The number of ether oxygens (including phenoxy) is 1. The summed E-state index contributed by atoms with van der Waals surface area (Å²) in [6.45, 7) is 0.720. The topological polar surface area (TPSA) is 75.6 Å². The van der Waals surface area contributed by atoms with Gasteiger partial charge >= 0.3 is 6.09 Å². The van der Waals surface area contributed by atoms with Crippen LogP contribution in [-0.2, 0) is 4.74 Å². The summed E-state index contributed by atoms with van der Waals surface area (Å²) >= 11 is 1.35. The third kappa shape index (κ3) is 3.21. The maximum atomic E-state index is 12.6. The largest absolute Gasteiger partial charge is 0.435 e. The summed E-state index contributed by atoms with van der Waals surface area (Å²) < 4.78 is 4.90. The number of aromatic nitrogens is 2. The lowest BCUT2D eigenvalue weighted by atomic mass is 10.3. The van der Waals surface area contributed by atoms with Gasteiger partial charge in [0.2, 0.25) is 0 Å². The standard InChI is InChI=1S/C16H14N4O3S/c1-2-9-23-16(22)20-8-4-7-19(20)15(21)13-11-24-14(18-13)12-5-3-6-17-10-12/h1,3,5-6,10-11H,4,7-9H2. The maximum Gasteiger partial charge on any atom is 0.429 e. The van der Waals surface area contributed by atoms with Crippen molar-refractivity contribution in [1.82, 2.24) is 20.0 Å². The smallest absolute Gasteiger partial charge is 0.429 e. The van der Waals surface area contributed by atoms with Gasteiger partial charge in [-0.25, -0.2) is 19.8 Å². The van der Waals surface area contributed by atoms with E-state index in [0.717, 1.165) is 5.56 Å². The zero-order valence-electron chi connectivity index (χ0n) is 12.7. The summed E-state index contributed by atoms with van der Waals surface area (Å²) in [6, 6.07) is 3.68. The second-order valence-electron chi connectivity index (χ2n) is 4.94. The molecule has 0 unspecified atom stereocenters. The first-order chi connectivity index (χ1) is 11.7. The van der Waals surface area contributed by atoms with Gasteiger partial charge < -0.3 is 4.74 Å². The Bertz CT molecular complexity index is 784. The Hall–Kier alpha value is -2.92. The number of carbonyl (C=O) groups is 2. The Morgan fingerprint density at radius 3 is 2.96 bits per heavy atom. The number of thiazole rings is 1. The Morgan fingerprint density at radius 1 is 1.38 bits per heavy atom. The monoisotopic (exact) mass is 342 g/mol.